The normalized spacial score (nSPS) is 52.2. The summed E-state index contributed by atoms with van der Waals surface area (Å²) >= 11 is 0. The van der Waals surface area contributed by atoms with Crippen LogP contribution in [0.5, 0.6) is 0 Å². The van der Waals surface area contributed by atoms with Crippen LogP contribution in [0.25, 0.3) is 0 Å². The minimum absolute atomic E-state index is 0.333. The van der Waals surface area contributed by atoms with E-state index >= 15 is 0 Å². The predicted octanol–water partition coefficient (Wildman–Crippen LogP) is -2.48. The Morgan fingerprint density at radius 1 is 0.923 bits per heavy atom. The molecule has 4 N–H and O–H groups in total. The van der Waals surface area contributed by atoms with Gasteiger partial charge in [-0.1, -0.05) is 0 Å². The van der Waals surface area contributed by atoms with Crippen molar-refractivity contribution in [2.24, 2.45) is 0 Å². The first-order valence-corrected chi connectivity index (χ1v) is 4.57. The lowest BCUT2D eigenvalue weighted by Gasteiger charge is -2.40. The van der Waals surface area contributed by atoms with Crippen LogP contribution in [0.15, 0.2) is 0 Å². The molecule has 2 aliphatic rings. The summed E-state index contributed by atoms with van der Waals surface area (Å²) in [5, 5.41) is 37.8. The van der Waals surface area contributed by atoms with Gasteiger partial charge in [0, 0.05) is 13.1 Å². The number of aliphatic hydroxyl groups is 4. The predicted molar refractivity (Wildman–Crippen MR) is 44.0 cm³/mol. The van der Waals surface area contributed by atoms with Crippen molar-refractivity contribution >= 4 is 0 Å². The number of nitrogens with zero attached hydrogens (tertiary/aromatic N) is 1. The van der Waals surface area contributed by atoms with Crippen LogP contribution in [0.2, 0.25) is 0 Å². The van der Waals surface area contributed by atoms with Gasteiger partial charge in [0.15, 0.2) is 0 Å². The van der Waals surface area contributed by atoms with Crippen molar-refractivity contribution in [3.63, 3.8) is 0 Å². The molecule has 5 nitrogen and oxygen atoms in total. The highest BCUT2D eigenvalue weighted by molar-refractivity contribution is 5.01. The van der Waals surface area contributed by atoms with E-state index in [1.54, 1.807) is 0 Å². The third kappa shape index (κ3) is 1.37. The first-order chi connectivity index (χ1) is 6.11. The molecule has 2 rings (SSSR count). The van der Waals surface area contributed by atoms with Crippen LogP contribution in [0.4, 0.5) is 0 Å². The van der Waals surface area contributed by atoms with E-state index in [1.165, 1.54) is 0 Å². The van der Waals surface area contributed by atoms with Crippen molar-refractivity contribution < 1.29 is 20.4 Å². The van der Waals surface area contributed by atoms with E-state index in [1.807, 2.05) is 4.90 Å². The fourth-order valence-electron chi connectivity index (χ4n) is 2.30. The highest BCUT2D eigenvalue weighted by Gasteiger charge is 2.47. The molecule has 2 heterocycles. The van der Waals surface area contributed by atoms with Gasteiger partial charge in [0.2, 0.25) is 0 Å². The van der Waals surface area contributed by atoms with E-state index in [-0.39, 0.29) is 0 Å². The summed E-state index contributed by atoms with van der Waals surface area (Å²) in [5.74, 6) is 0. The maximum absolute atomic E-state index is 9.58. The van der Waals surface area contributed by atoms with Crippen molar-refractivity contribution in [2.45, 2.75) is 36.9 Å². The minimum atomic E-state index is -1.13. The Morgan fingerprint density at radius 2 is 1.62 bits per heavy atom. The SMILES string of the molecule is O[C@H]1[C@H](O)[C@H](O)CN2CC[C@@H](O)[C@H]12. The van der Waals surface area contributed by atoms with E-state index in [9.17, 15) is 20.4 Å². The molecular formula is C8H15NO4. The van der Waals surface area contributed by atoms with E-state index < -0.39 is 30.5 Å². The molecule has 0 saturated carbocycles. The van der Waals surface area contributed by atoms with Crippen LogP contribution >= 0.6 is 0 Å². The molecule has 2 fully saturated rings. The minimum Gasteiger partial charge on any atom is -0.391 e. The smallest absolute Gasteiger partial charge is 0.109 e. The molecule has 0 radical (unpaired) electrons. The fourth-order valence-corrected chi connectivity index (χ4v) is 2.30. The number of piperidine rings is 1. The van der Waals surface area contributed by atoms with Gasteiger partial charge in [0.25, 0.3) is 0 Å². The topological polar surface area (TPSA) is 84.2 Å². The van der Waals surface area contributed by atoms with E-state index in [0.717, 1.165) is 0 Å². The first-order valence-electron chi connectivity index (χ1n) is 4.57. The summed E-state index contributed by atoms with van der Waals surface area (Å²) in [5.41, 5.74) is 0. The van der Waals surface area contributed by atoms with Crippen molar-refractivity contribution in [1.82, 2.24) is 4.90 Å². The second-order valence-electron chi connectivity index (χ2n) is 3.89. The Morgan fingerprint density at radius 3 is 2.31 bits per heavy atom. The molecule has 0 aromatic carbocycles. The van der Waals surface area contributed by atoms with Crippen molar-refractivity contribution in [3.8, 4) is 0 Å². The Balaban J connectivity index is 2.15. The molecule has 5 atom stereocenters. The van der Waals surface area contributed by atoms with Crippen LogP contribution in [0.1, 0.15) is 6.42 Å². The molecule has 0 aromatic heterocycles. The molecule has 5 heteroatoms. The van der Waals surface area contributed by atoms with Crippen molar-refractivity contribution in [3.05, 3.63) is 0 Å². The van der Waals surface area contributed by atoms with Crippen LogP contribution in [0.3, 0.4) is 0 Å². The van der Waals surface area contributed by atoms with Gasteiger partial charge in [0.1, 0.15) is 12.2 Å². The summed E-state index contributed by atoms with van der Waals surface area (Å²) in [6.07, 6.45) is -3.06. The van der Waals surface area contributed by atoms with Crippen LogP contribution in [-0.4, -0.2) is 68.9 Å². The lowest BCUT2D eigenvalue weighted by atomic mass is 9.93. The molecule has 0 amide bonds. The van der Waals surface area contributed by atoms with Gasteiger partial charge >= 0.3 is 0 Å². The molecule has 76 valence electrons. The lowest BCUT2D eigenvalue weighted by molar-refractivity contribution is -0.140. The average Bonchev–Trinajstić information content (AvgIpc) is 2.43. The Hall–Kier alpha value is -0.200. The maximum atomic E-state index is 9.58. The Labute approximate surface area is 76.2 Å². The summed E-state index contributed by atoms with van der Waals surface area (Å²) in [4.78, 5) is 1.83. The number of hydrogen-bond acceptors (Lipinski definition) is 5. The molecule has 0 unspecified atom stereocenters. The van der Waals surface area contributed by atoms with Gasteiger partial charge in [-0.05, 0) is 6.42 Å². The lowest BCUT2D eigenvalue weighted by Crippen LogP contribution is -2.61. The monoisotopic (exact) mass is 189 g/mol. The molecule has 0 aromatic rings. The highest BCUT2D eigenvalue weighted by Crippen LogP contribution is 2.27. The fraction of sp³-hybridized carbons (Fsp3) is 1.00. The number of hydrogen-bond donors (Lipinski definition) is 4. The third-order valence-electron chi connectivity index (χ3n) is 3.04. The van der Waals surface area contributed by atoms with Gasteiger partial charge in [-0.3, -0.25) is 4.90 Å². The molecule has 0 aliphatic carbocycles. The first kappa shape index (κ1) is 9.36. The molecule has 13 heavy (non-hydrogen) atoms. The van der Waals surface area contributed by atoms with Gasteiger partial charge < -0.3 is 20.4 Å². The summed E-state index contributed by atoms with van der Waals surface area (Å²) in [6.45, 7) is 1.01. The second-order valence-corrected chi connectivity index (χ2v) is 3.89. The standard InChI is InChI=1S/C8H15NO4/c10-4-1-2-9-3-5(11)7(12)8(13)6(4)9/h4-8,10-13H,1-3H2/t4-,5-,6-,7-,8-/m1/s1. The van der Waals surface area contributed by atoms with Crippen LogP contribution in [0, 0.1) is 0 Å². The highest BCUT2D eigenvalue weighted by atomic mass is 16.4. The average molecular weight is 189 g/mol. The van der Waals surface area contributed by atoms with Crippen LogP contribution < -0.4 is 0 Å². The summed E-state index contributed by atoms with van der Waals surface area (Å²) < 4.78 is 0. The second kappa shape index (κ2) is 3.18. The van der Waals surface area contributed by atoms with E-state index in [2.05, 4.69) is 0 Å². The zero-order valence-corrected chi connectivity index (χ0v) is 7.24. The third-order valence-corrected chi connectivity index (χ3v) is 3.04. The number of fused-ring (bicyclic) bond motifs is 1. The Bertz CT molecular complexity index is 201. The summed E-state index contributed by atoms with van der Waals surface area (Å²) in [7, 11) is 0. The molecule has 2 saturated heterocycles. The molecular weight excluding hydrogens is 174 g/mol. The molecule has 0 bridgehead atoms. The van der Waals surface area contributed by atoms with Crippen LogP contribution in [-0.2, 0) is 0 Å². The Kier molecular flexibility index (Phi) is 2.29. The van der Waals surface area contributed by atoms with Gasteiger partial charge in [0.05, 0.1) is 18.2 Å². The van der Waals surface area contributed by atoms with Gasteiger partial charge in [-0.15, -0.1) is 0 Å². The molecule has 0 spiro atoms. The number of rotatable bonds is 0. The summed E-state index contributed by atoms with van der Waals surface area (Å²) in [6, 6.07) is -0.404. The zero-order chi connectivity index (χ0) is 9.59. The van der Waals surface area contributed by atoms with E-state index in [0.29, 0.717) is 19.5 Å². The zero-order valence-electron chi connectivity index (χ0n) is 7.24. The van der Waals surface area contributed by atoms with Crippen molar-refractivity contribution in [1.29, 1.82) is 0 Å². The van der Waals surface area contributed by atoms with Gasteiger partial charge in [-0.25, -0.2) is 0 Å². The quantitative estimate of drug-likeness (QED) is 0.339. The molecule has 2 aliphatic heterocycles. The number of aliphatic hydroxyl groups excluding tert-OH is 4. The van der Waals surface area contributed by atoms with Crippen molar-refractivity contribution in [2.75, 3.05) is 13.1 Å². The largest absolute Gasteiger partial charge is 0.391 e. The van der Waals surface area contributed by atoms with E-state index in [4.69, 9.17) is 0 Å². The maximum Gasteiger partial charge on any atom is 0.109 e. The van der Waals surface area contributed by atoms with Gasteiger partial charge in [-0.2, -0.15) is 0 Å².